The van der Waals surface area contributed by atoms with Crippen LogP contribution in [0, 0.1) is 6.92 Å². The van der Waals surface area contributed by atoms with Gasteiger partial charge in [-0.05, 0) is 37.8 Å². The Hall–Kier alpha value is -1.51. The van der Waals surface area contributed by atoms with E-state index in [1.165, 1.54) is 24.2 Å². The van der Waals surface area contributed by atoms with Crippen molar-refractivity contribution < 1.29 is 0 Å². The Labute approximate surface area is 102 Å². The molecule has 3 nitrogen and oxygen atoms in total. The highest BCUT2D eigenvalue weighted by molar-refractivity contribution is 5.57. The molecule has 3 heteroatoms. The number of pyridine rings is 1. The van der Waals surface area contributed by atoms with Crippen LogP contribution in [0.3, 0.4) is 0 Å². The topological polar surface area (TPSA) is 43.3 Å². The number of imidazole rings is 1. The monoisotopic (exact) mass is 229 g/mol. The van der Waals surface area contributed by atoms with Crippen molar-refractivity contribution in [2.75, 3.05) is 5.73 Å². The third-order valence-electron chi connectivity index (χ3n) is 3.88. The molecule has 0 atom stereocenters. The highest BCUT2D eigenvalue weighted by Crippen LogP contribution is 2.37. The van der Waals surface area contributed by atoms with E-state index >= 15 is 0 Å². The standard InChI is InChI=1S/C14H19N3/c1-9-7-10(15)8-17-11-5-4-6-14(2,3)12(11)16-13(9)17/h7-8H,4-6,15H2,1-3H3. The Bertz CT molecular complexity index is 593. The minimum Gasteiger partial charge on any atom is -0.398 e. The maximum Gasteiger partial charge on any atom is 0.140 e. The number of hydrogen-bond acceptors (Lipinski definition) is 2. The molecule has 3 rings (SSSR count). The fourth-order valence-corrected chi connectivity index (χ4v) is 2.98. The number of anilines is 1. The quantitative estimate of drug-likeness (QED) is 0.755. The van der Waals surface area contributed by atoms with Gasteiger partial charge in [-0.3, -0.25) is 0 Å². The molecule has 0 saturated heterocycles. The molecule has 0 aromatic carbocycles. The Kier molecular flexibility index (Phi) is 2.03. The van der Waals surface area contributed by atoms with Crippen LogP contribution in [0.2, 0.25) is 0 Å². The summed E-state index contributed by atoms with van der Waals surface area (Å²) >= 11 is 0. The Morgan fingerprint density at radius 3 is 2.94 bits per heavy atom. The van der Waals surface area contributed by atoms with Gasteiger partial charge in [-0.2, -0.15) is 0 Å². The van der Waals surface area contributed by atoms with E-state index in [9.17, 15) is 0 Å². The average Bonchev–Trinajstić information content (AvgIpc) is 2.58. The van der Waals surface area contributed by atoms with Crippen LogP contribution in [-0.2, 0) is 11.8 Å². The molecule has 2 N–H and O–H groups in total. The summed E-state index contributed by atoms with van der Waals surface area (Å²) in [6.45, 7) is 6.66. The molecule has 2 aromatic heterocycles. The van der Waals surface area contributed by atoms with E-state index in [2.05, 4.69) is 25.2 Å². The maximum atomic E-state index is 5.94. The van der Waals surface area contributed by atoms with Gasteiger partial charge >= 0.3 is 0 Å². The normalized spacial score (nSPS) is 18.3. The van der Waals surface area contributed by atoms with Crippen molar-refractivity contribution in [3.63, 3.8) is 0 Å². The van der Waals surface area contributed by atoms with Gasteiger partial charge in [-0.1, -0.05) is 13.8 Å². The molecule has 0 saturated carbocycles. The number of nitrogens with two attached hydrogens (primary N) is 1. The van der Waals surface area contributed by atoms with Crippen LogP contribution in [0.25, 0.3) is 5.65 Å². The second-order valence-corrected chi connectivity index (χ2v) is 5.79. The van der Waals surface area contributed by atoms with Gasteiger partial charge in [0.25, 0.3) is 0 Å². The van der Waals surface area contributed by atoms with E-state index in [-0.39, 0.29) is 5.41 Å². The largest absolute Gasteiger partial charge is 0.398 e. The predicted molar refractivity (Wildman–Crippen MR) is 70.3 cm³/mol. The zero-order valence-electron chi connectivity index (χ0n) is 10.7. The molecule has 90 valence electrons. The van der Waals surface area contributed by atoms with E-state index < -0.39 is 0 Å². The molecule has 2 heterocycles. The molecule has 0 amide bonds. The summed E-state index contributed by atoms with van der Waals surface area (Å²) in [6, 6.07) is 2.00. The summed E-state index contributed by atoms with van der Waals surface area (Å²) in [5, 5.41) is 0. The van der Waals surface area contributed by atoms with E-state index in [4.69, 9.17) is 10.7 Å². The van der Waals surface area contributed by atoms with Gasteiger partial charge < -0.3 is 10.1 Å². The number of aryl methyl sites for hydroxylation is 2. The first kappa shape index (κ1) is 10.6. The van der Waals surface area contributed by atoms with Gasteiger partial charge in [0.05, 0.1) is 5.69 Å². The lowest BCUT2D eigenvalue weighted by Gasteiger charge is -2.28. The van der Waals surface area contributed by atoms with Crippen molar-refractivity contribution in [1.29, 1.82) is 0 Å². The third kappa shape index (κ3) is 1.45. The fraction of sp³-hybridized carbons (Fsp3) is 0.500. The summed E-state index contributed by atoms with van der Waals surface area (Å²) in [7, 11) is 0. The number of nitrogens with zero attached hydrogens (tertiary/aromatic N) is 2. The molecular weight excluding hydrogens is 210 g/mol. The Morgan fingerprint density at radius 1 is 1.41 bits per heavy atom. The zero-order valence-corrected chi connectivity index (χ0v) is 10.7. The molecule has 0 fully saturated rings. The Morgan fingerprint density at radius 2 is 2.18 bits per heavy atom. The van der Waals surface area contributed by atoms with E-state index in [1.807, 2.05) is 12.3 Å². The summed E-state index contributed by atoms with van der Waals surface area (Å²) < 4.78 is 2.20. The minimum absolute atomic E-state index is 0.195. The van der Waals surface area contributed by atoms with Gasteiger partial charge in [-0.25, -0.2) is 4.98 Å². The molecule has 0 spiro atoms. The van der Waals surface area contributed by atoms with Crippen LogP contribution < -0.4 is 5.73 Å². The average molecular weight is 229 g/mol. The lowest BCUT2D eigenvalue weighted by molar-refractivity contribution is 0.418. The molecule has 2 aromatic rings. The molecule has 1 aliphatic rings. The maximum absolute atomic E-state index is 5.94. The third-order valence-corrected chi connectivity index (χ3v) is 3.88. The first-order chi connectivity index (χ1) is 7.99. The first-order valence-corrected chi connectivity index (χ1v) is 6.26. The van der Waals surface area contributed by atoms with Crippen molar-refractivity contribution in [2.24, 2.45) is 0 Å². The summed E-state index contributed by atoms with van der Waals surface area (Å²) in [6.07, 6.45) is 5.58. The number of aromatic nitrogens is 2. The molecule has 1 aliphatic carbocycles. The van der Waals surface area contributed by atoms with Crippen LogP contribution in [0.1, 0.15) is 43.6 Å². The number of rotatable bonds is 0. The molecule has 0 radical (unpaired) electrons. The highest BCUT2D eigenvalue weighted by atomic mass is 15.0. The first-order valence-electron chi connectivity index (χ1n) is 6.26. The summed E-state index contributed by atoms with van der Waals surface area (Å²) in [4.78, 5) is 4.85. The molecule has 17 heavy (non-hydrogen) atoms. The van der Waals surface area contributed by atoms with E-state index in [0.29, 0.717) is 0 Å². The highest BCUT2D eigenvalue weighted by Gasteiger charge is 2.31. The van der Waals surface area contributed by atoms with Crippen molar-refractivity contribution in [1.82, 2.24) is 9.38 Å². The SMILES string of the molecule is Cc1cc(N)cn2c3c(nc12)C(C)(C)CCC3. The van der Waals surface area contributed by atoms with Crippen molar-refractivity contribution in [2.45, 2.75) is 45.4 Å². The summed E-state index contributed by atoms with van der Waals surface area (Å²) in [5.74, 6) is 0. The second kappa shape index (κ2) is 3.25. The molecule has 0 bridgehead atoms. The molecule has 0 aliphatic heterocycles. The van der Waals surface area contributed by atoms with Crippen LogP contribution in [0.4, 0.5) is 5.69 Å². The summed E-state index contributed by atoms with van der Waals surface area (Å²) in [5.41, 5.74) is 11.8. The zero-order chi connectivity index (χ0) is 12.2. The molecular formula is C14H19N3. The Balaban J connectivity index is 2.38. The van der Waals surface area contributed by atoms with Crippen LogP contribution in [0.5, 0.6) is 0 Å². The fourth-order valence-electron chi connectivity index (χ4n) is 2.98. The lowest BCUT2D eigenvalue weighted by Crippen LogP contribution is -2.24. The number of hydrogen-bond donors (Lipinski definition) is 1. The number of fused-ring (bicyclic) bond motifs is 3. The van der Waals surface area contributed by atoms with Crippen LogP contribution >= 0.6 is 0 Å². The van der Waals surface area contributed by atoms with Crippen molar-refractivity contribution in [3.05, 3.63) is 29.2 Å². The molecule has 0 unspecified atom stereocenters. The lowest BCUT2D eigenvalue weighted by atomic mass is 9.78. The predicted octanol–water partition coefficient (Wildman–Crippen LogP) is 2.84. The van der Waals surface area contributed by atoms with Gasteiger partial charge in [0, 0.05) is 23.0 Å². The van der Waals surface area contributed by atoms with Crippen molar-refractivity contribution in [3.8, 4) is 0 Å². The minimum atomic E-state index is 0.195. The second-order valence-electron chi connectivity index (χ2n) is 5.79. The van der Waals surface area contributed by atoms with Gasteiger partial charge in [0.15, 0.2) is 0 Å². The van der Waals surface area contributed by atoms with Gasteiger partial charge in [0.2, 0.25) is 0 Å². The van der Waals surface area contributed by atoms with Gasteiger partial charge in [0.1, 0.15) is 5.65 Å². The smallest absolute Gasteiger partial charge is 0.140 e. The van der Waals surface area contributed by atoms with Crippen LogP contribution in [0.15, 0.2) is 12.3 Å². The van der Waals surface area contributed by atoms with Crippen molar-refractivity contribution >= 4 is 11.3 Å². The number of nitrogen functional groups attached to an aromatic ring is 1. The van der Waals surface area contributed by atoms with E-state index in [1.54, 1.807) is 0 Å². The van der Waals surface area contributed by atoms with Gasteiger partial charge in [-0.15, -0.1) is 0 Å². The van der Waals surface area contributed by atoms with E-state index in [0.717, 1.165) is 23.3 Å². The van der Waals surface area contributed by atoms with Crippen LogP contribution in [-0.4, -0.2) is 9.38 Å².